The Morgan fingerprint density at radius 3 is 2.80 bits per heavy atom. The first-order chi connectivity index (χ1) is 9.53. The van der Waals surface area contributed by atoms with Gasteiger partial charge in [-0.1, -0.05) is 28.1 Å². The molecule has 2 N–H and O–H groups in total. The van der Waals surface area contributed by atoms with Crippen LogP contribution in [0.25, 0.3) is 0 Å². The van der Waals surface area contributed by atoms with Crippen LogP contribution in [0.5, 0.6) is 0 Å². The van der Waals surface area contributed by atoms with E-state index in [0.717, 1.165) is 17.3 Å². The largest absolute Gasteiger partial charge is 0.384 e. The molecule has 1 aromatic carbocycles. The monoisotopic (exact) mass is 341 g/mol. The predicted octanol–water partition coefficient (Wildman–Crippen LogP) is 1.99. The van der Waals surface area contributed by atoms with Crippen molar-refractivity contribution in [3.8, 4) is 0 Å². The van der Waals surface area contributed by atoms with Crippen molar-refractivity contribution in [3.63, 3.8) is 0 Å². The van der Waals surface area contributed by atoms with Crippen LogP contribution >= 0.6 is 15.9 Å². The third-order valence-corrected chi connectivity index (χ3v) is 4.36. The number of hydrogen-bond donors (Lipinski definition) is 2. The van der Waals surface area contributed by atoms with Gasteiger partial charge < -0.3 is 15.2 Å². The first-order valence-electron chi connectivity index (χ1n) is 6.83. The van der Waals surface area contributed by atoms with E-state index in [4.69, 9.17) is 4.74 Å². The van der Waals surface area contributed by atoms with Crippen LogP contribution in [0.1, 0.15) is 25.3 Å². The maximum atomic E-state index is 11.6. The molecule has 1 heterocycles. The SMILES string of the molecule is CC(O)C(=O)NCC1(c2cccc(Br)c2)CCOCC1. The Hall–Kier alpha value is -0.910. The fourth-order valence-electron chi connectivity index (χ4n) is 2.55. The summed E-state index contributed by atoms with van der Waals surface area (Å²) in [6, 6.07) is 8.18. The van der Waals surface area contributed by atoms with Crippen LogP contribution in [0.4, 0.5) is 0 Å². The number of nitrogens with one attached hydrogen (secondary N) is 1. The summed E-state index contributed by atoms with van der Waals surface area (Å²) < 4.78 is 6.49. The van der Waals surface area contributed by atoms with Gasteiger partial charge in [-0.25, -0.2) is 0 Å². The maximum absolute atomic E-state index is 11.6. The van der Waals surface area contributed by atoms with E-state index in [1.165, 1.54) is 12.5 Å². The van der Waals surface area contributed by atoms with E-state index in [9.17, 15) is 9.90 Å². The summed E-state index contributed by atoms with van der Waals surface area (Å²) in [7, 11) is 0. The zero-order chi connectivity index (χ0) is 14.6. The summed E-state index contributed by atoms with van der Waals surface area (Å²) in [5.74, 6) is -0.328. The van der Waals surface area contributed by atoms with Gasteiger partial charge in [-0.15, -0.1) is 0 Å². The van der Waals surface area contributed by atoms with Gasteiger partial charge in [0, 0.05) is 29.6 Å². The summed E-state index contributed by atoms with van der Waals surface area (Å²) in [5.41, 5.74) is 1.08. The van der Waals surface area contributed by atoms with Crippen LogP contribution in [0.15, 0.2) is 28.7 Å². The average Bonchev–Trinajstić information content (AvgIpc) is 2.45. The molecule has 0 bridgehead atoms. The summed E-state index contributed by atoms with van der Waals surface area (Å²) >= 11 is 3.50. The second kappa shape index (κ2) is 6.70. The molecule has 0 aromatic heterocycles. The summed E-state index contributed by atoms with van der Waals surface area (Å²) in [5, 5.41) is 12.2. The summed E-state index contributed by atoms with van der Waals surface area (Å²) in [4.78, 5) is 11.6. The molecule has 1 amide bonds. The van der Waals surface area contributed by atoms with Crippen LogP contribution < -0.4 is 5.32 Å². The van der Waals surface area contributed by atoms with E-state index in [-0.39, 0.29) is 11.3 Å². The number of carbonyl (C=O) groups excluding carboxylic acids is 1. The van der Waals surface area contributed by atoms with Crippen molar-refractivity contribution in [1.82, 2.24) is 5.32 Å². The molecule has 1 atom stereocenters. The van der Waals surface area contributed by atoms with E-state index in [0.29, 0.717) is 19.8 Å². The minimum Gasteiger partial charge on any atom is -0.384 e. The lowest BCUT2D eigenvalue weighted by atomic mass is 9.74. The Morgan fingerprint density at radius 2 is 2.20 bits per heavy atom. The van der Waals surface area contributed by atoms with Crippen molar-refractivity contribution in [2.24, 2.45) is 0 Å². The van der Waals surface area contributed by atoms with Crippen molar-refractivity contribution in [1.29, 1.82) is 0 Å². The number of amides is 1. The molecule has 110 valence electrons. The van der Waals surface area contributed by atoms with Gasteiger partial charge in [-0.2, -0.15) is 0 Å². The molecule has 1 aliphatic rings. The molecule has 0 aliphatic carbocycles. The molecule has 1 aromatic rings. The second-order valence-electron chi connectivity index (χ2n) is 5.30. The zero-order valence-corrected chi connectivity index (χ0v) is 13.1. The second-order valence-corrected chi connectivity index (χ2v) is 6.21. The Morgan fingerprint density at radius 1 is 1.50 bits per heavy atom. The number of aliphatic hydroxyl groups excluding tert-OH is 1. The van der Waals surface area contributed by atoms with Crippen LogP contribution in [-0.2, 0) is 14.9 Å². The molecule has 1 fully saturated rings. The fourth-order valence-corrected chi connectivity index (χ4v) is 2.95. The highest BCUT2D eigenvalue weighted by atomic mass is 79.9. The third-order valence-electron chi connectivity index (χ3n) is 3.87. The molecule has 4 nitrogen and oxygen atoms in total. The molecule has 20 heavy (non-hydrogen) atoms. The minimum atomic E-state index is -0.977. The Bertz CT molecular complexity index is 470. The van der Waals surface area contributed by atoms with E-state index < -0.39 is 6.10 Å². The molecule has 1 aliphatic heterocycles. The van der Waals surface area contributed by atoms with Crippen molar-refractivity contribution >= 4 is 21.8 Å². The molecule has 2 rings (SSSR count). The quantitative estimate of drug-likeness (QED) is 0.880. The van der Waals surface area contributed by atoms with E-state index in [2.05, 4.69) is 33.4 Å². The van der Waals surface area contributed by atoms with Crippen LogP contribution in [0.2, 0.25) is 0 Å². The third kappa shape index (κ3) is 3.59. The first kappa shape index (κ1) is 15.5. The number of benzene rings is 1. The zero-order valence-electron chi connectivity index (χ0n) is 11.6. The molecule has 1 unspecified atom stereocenters. The highest BCUT2D eigenvalue weighted by molar-refractivity contribution is 9.10. The lowest BCUT2D eigenvalue weighted by Crippen LogP contribution is -2.46. The lowest BCUT2D eigenvalue weighted by Gasteiger charge is -2.38. The van der Waals surface area contributed by atoms with Crippen molar-refractivity contribution in [3.05, 3.63) is 34.3 Å². The van der Waals surface area contributed by atoms with Gasteiger partial charge in [-0.05, 0) is 37.5 Å². The van der Waals surface area contributed by atoms with Crippen LogP contribution in [0, 0.1) is 0 Å². The van der Waals surface area contributed by atoms with Gasteiger partial charge >= 0.3 is 0 Å². The highest BCUT2D eigenvalue weighted by Crippen LogP contribution is 2.35. The Labute approximate surface area is 127 Å². The molecular weight excluding hydrogens is 322 g/mol. The van der Waals surface area contributed by atoms with Crippen molar-refractivity contribution < 1.29 is 14.6 Å². The van der Waals surface area contributed by atoms with Gasteiger partial charge in [0.05, 0.1) is 0 Å². The average molecular weight is 342 g/mol. The first-order valence-corrected chi connectivity index (χ1v) is 7.62. The van der Waals surface area contributed by atoms with Gasteiger partial charge in [0.25, 0.3) is 0 Å². The number of carbonyl (C=O) groups is 1. The Kier molecular flexibility index (Phi) is 5.18. The molecule has 5 heteroatoms. The van der Waals surface area contributed by atoms with Gasteiger partial charge in [0.15, 0.2) is 0 Å². The predicted molar refractivity (Wildman–Crippen MR) is 80.6 cm³/mol. The fraction of sp³-hybridized carbons (Fsp3) is 0.533. The summed E-state index contributed by atoms with van der Waals surface area (Å²) in [6.07, 6.45) is 0.752. The number of ether oxygens (including phenoxy) is 1. The molecular formula is C15H20BrNO3. The van der Waals surface area contributed by atoms with Crippen LogP contribution in [0.3, 0.4) is 0 Å². The summed E-state index contributed by atoms with van der Waals surface area (Å²) in [6.45, 7) is 3.38. The topological polar surface area (TPSA) is 58.6 Å². The number of hydrogen-bond acceptors (Lipinski definition) is 3. The minimum absolute atomic E-state index is 0.118. The Balaban J connectivity index is 2.19. The van der Waals surface area contributed by atoms with E-state index >= 15 is 0 Å². The number of aliphatic hydroxyl groups is 1. The van der Waals surface area contributed by atoms with Gasteiger partial charge in [-0.3, -0.25) is 4.79 Å². The van der Waals surface area contributed by atoms with Crippen molar-refractivity contribution in [2.45, 2.75) is 31.3 Å². The van der Waals surface area contributed by atoms with Gasteiger partial charge in [0.2, 0.25) is 5.91 Å². The normalized spacial score (nSPS) is 19.4. The smallest absolute Gasteiger partial charge is 0.248 e. The molecule has 1 saturated heterocycles. The molecule has 0 spiro atoms. The van der Waals surface area contributed by atoms with Gasteiger partial charge in [0.1, 0.15) is 6.10 Å². The van der Waals surface area contributed by atoms with E-state index in [1.807, 2.05) is 12.1 Å². The van der Waals surface area contributed by atoms with Crippen molar-refractivity contribution in [2.75, 3.05) is 19.8 Å². The standard InChI is InChI=1S/C15H20BrNO3/c1-11(18)14(19)17-10-15(5-7-20-8-6-15)12-3-2-4-13(16)9-12/h2-4,9,11,18H,5-8,10H2,1H3,(H,17,19). The van der Waals surface area contributed by atoms with Crippen LogP contribution in [-0.4, -0.2) is 36.9 Å². The van der Waals surface area contributed by atoms with E-state index in [1.54, 1.807) is 0 Å². The number of rotatable bonds is 4. The molecule has 0 saturated carbocycles. The highest BCUT2D eigenvalue weighted by Gasteiger charge is 2.35. The molecule has 0 radical (unpaired) electrons. The maximum Gasteiger partial charge on any atom is 0.248 e. The lowest BCUT2D eigenvalue weighted by molar-refractivity contribution is -0.128. The number of halogens is 1.